The van der Waals surface area contributed by atoms with Gasteiger partial charge < -0.3 is 18.8 Å². The molecule has 12 heteroatoms. The molecule has 0 saturated carbocycles. The molecule has 32 heavy (non-hydrogen) atoms. The van der Waals surface area contributed by atoms with Gasteiger partial charge in [0.05, 0.1) is 5.41 Å². The van der Waals surface area contributed by atoms with Gasteiger partial charge in [0.15, 0.2) is 16.7 Å². The van der Waals surface area contributed by atoms with Crippen LogP contribution in [0.4, 0.5) is 8.78 Å². The van der Waals surface area contributed by atoms with Crippen molar-refractivity contribution in [2.45, 2.75) is 32.4 Å². The molecule has 2 rings (SSSR count). The van der Waals surface area contributed by atoms with Crippen LogP contribution in [0.5, 0.6) is 11.5 Å². The Morgan fingerprint density at radius 1 is 0.938 bits per heavy atom. The summed E-state index contributed by atoms with van der Waals surface area (Å²) in [7, 11) is -6.30. The fourth-order valence-electron chi connectivity index (χ4n) is 2.19. The van der Waals surface area contributed by atoms with Crippen LogP contribution >= 0.6 is 0 Å². The maximum Gasteiger partial charge on any atom is 0.428 e. The number of fused-ring (bicyclic) bond motifs is 1. The number of halogens is 2. The number of carbonyl (C=O) groups excluding carboxylic acids is 3. The fraction of sp³-hybridized carbons (Fsp3) is 0.350. The van der Waals surface area contributed by atoms with E-state index in [0.29, 0.717) is 22.9 Å². The van der Waals surface area contributed by atoms with E-state index in [1.54, 1.807) is 26.0 Å². The third-order valence-electron chi connectivity index (χ3n) is 4.53. The Hall–Kier alpha value is -3.12. The van der Waals surface area contributed by atoms with Gasteiger partial charge in [-0.1, -0.05) is 19.1 Å². The number of hydrogen-bond acceptors (Lipinski definition) is 9. The van der Waals surface area contributed by atoms with E-state index in [4.69, 9.17) is 9.47 Å². The second kappa shape index (κ2) is 9.17. The predicted octanol–water partition coefficient (Wildman–Crippen LogP) is 2.77. The molecule has 0 unspecified atom stereocenters. The highest BCUT2D eigenvalue weighted by Crippen LogP contribution is 2.28. The lowest BCUT2D eigenvalue weighted by atomic mass is 9.91. The number of carbonyl (C=O) groups is 3. The van der Waals surface area contributed by atoms with Gasteiger partial charge in [-0.05, 0) is 55.3 Å². The molecule has 0 atom stereocenters. The standard InChI is InChI=1S/C20H20F2O9S/c1-4-19(2,3)17(24)31-15-8-6-12-9-14(7-5-13(12)10-15)30-16(23)11-29-18(25)20(21,22)32(26,27)28/h5-10H,4,11H2,1-3H3,(H,26,27,28)/p-1. The Morgan fingerprint density at radius 3 is 1.91 bits per heavy atom. The fourth-order valence-corrected chi connectivity index (χ4v) is 2.45. The minimum atomic E-state index is -6.30. The first-order chi connectivity index (χ1) is 14.7. The lowest BCUT2D eigenvalue weighted by Gasteiger charge is -2.20. The zero-order valence-electron chi connectivity index (χ0n) is 17.2. The molecule has 2 aromatic rings. The Morgan fingerprint density at radius 2 is 1.44 bits per heavy atom. The van der Waals surface area contributed by atoms with Crippen molar-refractivity contribution >= 4 is 38.8 Å². The zero-order valence-corrected chi connectivity index (χ0v) is 18.0. The summed E-state index contributed by atoms with van der Waals surface area (Å²) in [6.45, 7) is 4.04. The molecule has 0 aliphatic carbocycles. The van der Waals surface area contributed by atoms with E-state index in [1.807, 2.05) is 6.92 Å². The molecule has 0 N–H and O–H groups in total. The maximum absolute atomic E-state index is 13.0. The Labute approximate surface area is 182 Å². The van der Waals surface area contributed by atoms with Crippen LogP contribution in [0.25, 0.3) is 10.8 Å². The number of hydrogen-bond donors (Lipinski definition) is 0. The molecule has 2 aromatic carbocycles. The second-order valence-electron chi connectivity index (χ2n) is 7.32. The van der Waals surface area contributed by atoms with Gasteiger partial charge in [-0.25, -0.2) is 18.0 Å². The van der Waals surface area contributed by atoms with Crippen molar-refractivity contribution in [3.05, 3.63) is 36.4 Å². The molecule has 0 heterocycles. The number of esters is 3. The average molecular weight is 473 g/mol. The van der Waals surface area contributed by atoms with Crippen molar-refractivity contribution in [1.82, 2.24) is 0 Å². The van der Waals surface area contributed by atoms with Crippen molar-refractivity contribution in [2.75, 3.05) is 6.61 Å². The number of rotatable bonds is 8. The SMILES string of the molecule is CCC(C)(C)C(=O)Oc1ccc2cc(OC(=O)COC(=O)C(F)(F)S(=O)(=O)[O-])ccc2c1. The minimum Gasteiger partial charge on any atom is -0.743 e. The number of ether oxygens (including phenoxy) is 3. The Kier molecular flexibility index (Phi) is 7.20. The van der Waals surface area contributed by atoms with Gasteiger partial charge >= 0.3 is 23.2 Å². The van der Waals surface area contributed by atoms with Crippen molar-refractivity contribution in [3.63, 3.8) is 0 Å². The van der Waals surface area contributed by atoms with Gasteiger partial charge in [0.1, 0.15) is 11.5 Å². The lowest BCUT2D eigenvalue weighted by Crippen LogP contribution is -2.40. The molecule has 0 aromatic heterocycles. The van der Waals surface area contributed by atoms with E-state index in [0.717, 1.165) is 0 Å². The molecule has 174 valence electrons. The Balaban J connectivity index is 2.04. The summed E-state index contributed by atoms with van der Waals surface area (Å²) in [5.74, 6) is -4.08. The first-order valence-corrected chi connectivity index (χ1v) is 10.6. The van der Waals surface area contributed by atoms with E-state index in [2.05, 4.69) is 4.74 Å². The second-order valence-corrected chi connectivity index (χ2v) is 8.74. The highest BCUT2D eigenvalue weighted by molar-refractivity contribution is 7.87. The zero-order chi connectivity index (χ0) is 24.3. The predicted molar refractivity (Wildman–Crippen MR) is 105 cm³/mol. The first-order valence-electron chi connectivity index (χ1n) is 9.14. The van der Waals surface area contributed by atoms with Crippen LogP contribution in [0.3, 0.4) is 0 Å². The van der Waals surface area contributed by atoms with Crippen molar-refractivity contribution < 1.29 is 50.3 Å². The van der Waals surface area contributed by atoms with E-state index in [9.17, 15) is 36.1 Å². The quantitative estimate of drug-likeness (QED) is 0.322. The highest BCUT2D eigenvalue weighted by Gasteiger charge is 2.48. The van der Waals surface area contributed by atoms with Crippen molar-refractivity contribution in [2.24, 2.45) is 5.41 Å². The van der Waals surface area contributed by atoms with Crippen LogP contribution in [0.15, 0.2) is 36.4 Å². The van der Waals surface area contributed by atoms with Crippen molar-refractivity contribution in [3.8, 4) is 11.5 Å². The van der Waals surface area contributed by atoms with Gasteiger partial charge in [0.25, 0.3) is 0 Å². The molecular formula is C20H19F2O9S-. The Bertz CT molecular complexity index is 1160. The number of benzene rings is 2. The molecule has 0 fully saturated rings. The molecule has 0 saturated heterocycles. The average Bonchev–Trinajstić information content (AvgIpc) is 2.71. The first kappa shape index (κ1) is 25.1. The molecule has 0 aliphatic rings. The summed E-state index contributed by atoms with van der Waals surface area (Å²) >= 11 is 0. The largest absolute Gasteiger partial charge is 0.743 e. The minimum absolute atomic E-state index is 0.0291. The van der Waals surface area contributed by atoms with E-state index in [-0.39, 0.29) is 5.75 Å². The van der Waals surface area contributed by atoms with Crippen LogP contribution < -0.4 is 9.47 Å². The van der Waals surface area contributed by atoms with E-state index < -0.39 is 45.3 Å². The maximum atomic E-state index is 13.0. The molecular weight excluding hydrogens is 454 g/mol. The monoisotopic (exact) mass is 473 g/mol. The van der Waals surface area contributed by atoms with Crippen LogP contribution in [0.1, 0.15) is 27.2 Å². The molecule has 0 amide bonds. The van der Waals surface area contributed by atoms with Crippen LogP contribution in [-0.2, 0) is 29.2 Å². The van der Waals surface area contributed by atoms with Crippen LogP contribution in [0.2, 0.25) is 0 Å². The van der Waals surface area contributed by atoms with Crippen molar-refractivity contribution in [1.29, 1.82) is 0 Å². The topological polar surface area (TPSA) is 136 Å². The summed E-state index contributed by atoms with van der Waals surface area (Å²) in [5, 5.41) is -4.12. The van der Waals surface area contributed by atoms with E-state index in [1.165, 1.54) is 24.3 Å². The van der Waals surface area contributed by atoms with Gasteiger partial charge in [-0.2, -0.15) is 8.78 Å². The summed E-state index contributed by atoms with van der Waals surface area (Å²) in [5.41, 5.74) is -0.654. The van der Waals surface area contributed by atoms with Gasteiger partial charge in [0, 0.05) is 0 Å². The lowest BCUT2D eigenvalue weighted by molar-refractivity contribution is -0.166. The summed E-state index contributed by atoms with van der Waals surface area (Å²) in [6.07, 6.45) is 0.591. The third kappa shape index (κ3) is 5.77. The normalized spacial score (nSPS) is 12.3. The van der Waals surface area contributed by atoms with Gasteiger partial charge in [-0.15, -0.1) is 0 Å². The highest BCUT2D eigenvalue weighted by atomic mass is 32.2. The number of alkyl halides is 2. The third-order valence-corrected chi connectivity index (χ3v) is 5.33. The summed E-state index contributed by atoms with van der Waals surface area (Å²) in [6, 6.07) is 9.01. The van der Waals surface area contributed by atoms with Gasteiger partial charge in [-0.3, -0.25) is 4.79 Å². The van der Waals surface area contributed by atoms with Crippen LogP contribution in [0, 0.1) is 5.41 Å². The molecule has 9 nitrogen and oxygen atoms in total. The molecule has 0 aliphatic heterocycles. The van der Waals surface area contributed by atoms with Gasteiger partial charge in [0.2, 0.25) is 0 Å². The summed E-state index contributed by atoms with van der Waals surface area (Å²) < 4.78 is 71.2. The smallest absolute Gasteiger partial charge is 0.428 e. The molecule has 0 spiro atoms. The molecule has 0 bridgehead atoms. The van der Waals surface area contributed by atoms with Crippen LogP contribution in [-0.4, -0.2) is 42.7 Å². The summed E-state index contributed by atoms with van der Waals surface area (Å²) in [4.78, 5) is 34.9. The molecule has 0 radical (unpaired) electrons. The van der Waals surface area contributed by atoms with E-state index >= 15 is 0 Å².